The van der Waals surface area contributed by atoms with Crippen molar-refractivity contribution in [1.82, 2.24) is 29.5 Å². The van der Waals surface area contributed by atoms with Crippen molar-refractivity contribution in [1.29, 1.82) is 0 Å². The fourth-order valence-corrected chi connectivity index (χ4v) is 4.10. The number of aryl methyl sites for hydroxylation is 1. The molecule has 2 N–H and O–H groups in total. The number of benzene rings is 1. The van der Waals surface area contributed by atoms with Crippen molar-refractivity contribution in [3.05, 3.63) is 70.5 Å². The molecule has 1 amide bonds. The number of methoxy groups -OCH3 is 1. The van der Waals surface area contributed by atoms with Crippen LogP contribution < -0.4 is 14.8 Å². The first-order valence-corrected chi connectivity index (χ1v) is 13.2. The minimum absolute atomic E-state index is 0.0552. The molecule has 17 heteroatoms. The second-order valence-electron chi connectivity index (χ2n) is 8.25. The zero-order valence-corrected chi connectivity index (χ0v) is 22.3. The van der Waals surface area contributed by atoms with Gasteiger partial charge in [0.2, 0.25) is 21.9 Å². The number of amides is 1. The van der Waals surface area contributed by atoms with Crippen molar-refractivity contribution in [3.63, 3.8) is 0 Å². The lowest BCUT2D eigenvalue weighted by Gasteiger charge is -2.14. The fourth-order valence-electron chi connectivity index (χ4n) is 3.48. The number of pyridine rings is 1. The van der Waals surface area contributed by atoms with Crippen LogP contribution in [0.2, 0.25) is 5.02 Å². The summed E-state index contributed by atoms with van der Waals surface area (Å²) in [7, 11) is -2.74. The van der Waals surface area contributed by atoms with Crippen LogP contribution in [-0.2, 0) is 16.2 Å². The highest BCUT2D eigenvalue weighted by Crippen LogP contribution is 2.33. The highest BCUT2D eigenvalue weighted by atomic mass is 35.5. The molecule has 3 heterocycles. The molecule has 0 spiro atoms. The van der Waals surface area contributed by atoms with E-state index in [1.165, 1.54) is 44.6 Å². The monoisotopic (exact) mass is 599 g/mol. The Bertz CT molecular complexity index is 1730. The van der Waals surface area contributed by atoms with Gasteiger partial charge < -0.3 is 10.1 Å². The lowest BCUT2D eigenvalue weighted by atomic mass is 10.1. The van der Waals surface area contributed by atoms with Gasteiger partial charge in [0, 0.05) is 34.9 Å². The Labute approximate surface area is 229 Å². The van der Waals surface area contributed by atoms with Crippen LogP contribution >= 0.6 is 11.6 Å². The lowest BCUT2D eigenvalue weighted by molar-refractivity contribution is -0.141. The lowest BCUT2D eigenvalue weighted by Crippen LogP contribution is -2.29. The maximum absolute atomic E-state index is 13.6. The molecule has 1 aromatic carbocycles. The Hall–Kier alpha value is -4.31. The van der Waals surface area contributed by atoms with Crippen LogP contribution in [0.3, 0.4) is 0 Å². The van der Waals surface area contributed by atoms with Gasteiger partial charge in [-0.1, -0.05) is 11.6 Å². The van der Waals surface area contributed by atoms with Crippen LogP contribution in [0.25, 0.3) is 16.9 Å². The largest absolute Gasteiger partial charge is 0.480 e. The zero-order valence-electron chi connectivity index (χ0n) is 20.7. The van der Waals surface area contributed by atoms with Crippen molar-refractivity contribution in [2.75, 3.05) is 18.7 Å². The van der Waals surface area contributed by atoms with Gasteiger partial charge in [-0.3, -0.25) is 4.79 Å². The van der Waals surface area contributed by atoms with E-state index in [1.54, 1.807) is 4.72 Å². The van der Waals surface area contributed by atoms with Gasteiger partial charge >= 0.3 is 6.18 Å². The van der Waals surface area contributed by atoms with Crippen molar-refractivity contribution >= 4 is 39.2 Å². The number of nitrogens with one attached hydrogen (secondary N) is 2. The summed E-state index contributed by atoms with van der Waals surface area (Å²) in [6.45, 7) is 1.37. The van der Waals surface area contributed by atoms with Crippen LogP contribution in [-0.4, -0.2) is 52.4 Å². The van der Waals surface area contributed by atoms with Crippen LogP contribution in [0.15, 0.2) is 42.7 Å². The first-order valence-electron chi connectivity index (χ1n) is 11.0. The molecule has 0 aliphatic carbocycles. The topological polar surface area (TPSA) is 141 Å². The zero-order chi connectivity index (χ0) is 29.4. The number of carbonyl (C=O) groups is 1. The average molecular weight is 600 g/mol. The molecule has 0 fully saturated rings. The minimum Gasteiger partial charge on any atom is -0.480 e. The van der Waals surface area contributed by atoms with E-state index in [-0.39, 0.29) is 50.7 Å². The molecule has 40 heavy (non-hydrogen) atoms. The predicted molar refractivity (Wildman–Crippen MR) is 136 cm³/mol. The number of rotatable bonds is 7. The minimum atomic E-state index is -4.76. The highest BCUT2D eigenvalue weighted by Gasteiger charge is 2.35. The summed E-state index contributed by atoms with van der Waals surface area (Å²) in [5.74, 6) is -2.20. The smallest absolute Gasteiger partial charge is 0.435 e. The molecule has 0 atom stereocenters. The van der Waals surface area contributed by atoms with Crippen LogP contribution in [0.4, 0.5) is 29.2 Å². The van der Waals surface area contributed by atoms with Gasteiger partial charge in [-0.15, -0.1) is 0 Å². The molecule has 4 rings (SSSR count). The van der Waals surface area contributed by atoms with Gasteiger partial charge in [0.1, 0.15) is 11.4 Å². The Morgan fingerprint density at radius 1 is 1.12 bits per heavy atom. The number of ether oxygens (including phenoxy) is 1. The number of aromatic nitrogens is 5. The first kappa shape index (κ1) is 28.7. The first-order chi connectivity index (χ1) is 18.7. The number of alkyl halides is 3. The third-order valence-electron chi connectivity index (χ3n) is 5.20. The van der Waals surface area contributed by atoms with Gasteiger partial charge in [0.15, 0.2) is 11.5 Å². The van der Waals surface area contributed by atoms with Gasteiger partial charge in [-0.25, -0.2) is 32.2 Å². The fraction of sp³-hybridized carbons (Fsp3) is 0.174. The maximum atomic E-state index is 13.6. The molecule has 0 radical (unpaired) electrons. The molecule has 0 unspecified atom stereocenters. The number of carbonyl (C=O) groups excluding carboxylic acids is 1. The van der Waals surface area contributed by atoms with Gasteiger partial charge in [0.25, 0.3) is 5.91 Å². The van der Waals surface area contributed by atoms with E-state index in [4.69, 9.17) is 16.3 Å². The molecule has 3 aromatic heterocycles. The summed E-state index contributed by atoms with van der Waals surface area (Å²) in [6.07, 6.45) is -1.52. The standard InChI is InChI=1S/C23H18ClF4N7O4S/c1-11-6-18(23(26,27)28)33-35(11)19-15(10-30-22(32-19)31-13-4-5-17(25)16(24)8-13)12-7-14(21(39-2)29-9-12)20(36)34-40(3,37)38/h4-10H,1-3H3,(H,34,36)(H,30,31,32). The summed E-state index contributed by atoms with van der Waals surface area (Å²) in [6, 6.07) is 5.73. The van der Waals surface area contributed by atoms with E-state index in [1.807, 2.05) is 0 Å². The van der Waals surface area contributed by atoms with Crippen molar-refractivity contribution < 1.29 is 35.5 Å². The number of anilines is 2. The Kier molecular flexibility index (Phi) is 7.67. The summed E-state index contributed by atoms with van der Waals surface area (Å²) >= 11 is 5.82. The third-order valence-corrected chi connectivity index (χ3v) is 6.05. The van der Waals surface area contributed by atoms with Gasteiger partial charge in [-0.2, -0.15) is 23.3 Å². The molecule has 0 saturated carbocycles. The number of sulfonamides is 1. The van der Waals surface area contributed by atoms with E-state index in [9.17, 15) is 30.8 Å². The molecule has 4 aromatic rings. The second kappa shape index (κ2) is 10.7. The Morgan fingerprint density at radius 2 is 1.85 bits per heavy atom. The van der Waals surface area contributed by atoms with E-state index in [0.29, 0.717) is 0 Å². The number of hydrogen-bond acceptors (Lipinski definition) is 9. The summed E-state index contributed by atoms with van der Waals surface area (Å²) in [4.78, 5) is 25.1. The van der Waals surface area contributed by atoms with E-state index in [0.717, 1.165) is 23.1 Å². The van der Waals surface area contributed by atoms with Crippen LogP contribution in [0.5, 0.6) is 5.88 Å². The van der Waals surface area contributed by atoms with E-state index < -0.39 is 33.6 Å². The molecule has 0 saturated heterocycles. The highest BCUT2D eigenvalue weighted by molar-refractivity contribution is 7.89. The molecule has 11 nitrogen and oxygen atoms in total. The summed E-state index contributed by atoms with van der Waals surface area (Å²) < 4.78 is 84.9. The van der Waals surface area contributed by atoms with Crippen LogP contribution in [0.1, 0.15) is 21.7 Å². The van der Waals surface area contributed by atoms with E-state index in [2.05, 4.69) is 25.4 Å². The average Bonchev–Trinajstić information content (AvgIpc) is 3.27. The normalized spacial score (nSPS) is 11.8. The second-order valence-corrected chi connectivity index (χ2v) is 10.4. The Balaban J connectivity index is 1.89. The van der Waals surface area contributed by atoms with Crippen molar-refractivity contribution in [2.45, 2.75) is 13.1 Å². The molecule has 0 aliphatic rings. The molecule has 210 valence electrons. The van der Waals surface area contributed by atoms with Crippen LogP contribution in [0, 0.1) is 12.7 Å². The quantitative estimate of drug-likeness (QED) is 0.298. The van der Waals surface area contributed by atoms with Crippen molar-refractivity contribution in [2.24, 2.45) is 0 Å². The molecule has 0 bridgehead atoms. The molecular weight excluding hydrogens is 582 g/mol. The predicted octanol–water partition coefficient (Wildman–Crippen LogP) is 4.29. The van der Waals surface area contributed by atoms with Gasteiger partial charge in [-0.05, 0) is 37.3 Å². The maximum Gasteiger partial charge on any atom is 0.435 e. The van der Waals surface area contributed by atoms with E-state index >= 15 is 0 Å². The molecular formula is C23H18ClF4N7O4S. The number of nitrogens with zero attached hydrogens (tertiary/aromatic N) is 5. The Morgan fingerprint density at radius 3 is 2.45 bits per heavy atom. The number of halogens is 5. The molecule has 0 aliphatic heterocycles. The van der Waals surface area contributed by atoms with Gasteiger partial charge in [0.05, 0.1) is 18.4 Å². The SMILES string of the molecule is COc1ncc(-c2cnc(Nc3ccc(F)c(Cl)c3)nc2-n2nc(C(F)(F)F)cc2C)cc1C(=O)NS(C)(=O)=O. The number of hydrogen-bond donors (Lipinski definition) is 2. The summed E-state index contributed by atoms with van der Waals surface area (Å²) in [5, 5.41) is 6.25. The third kappa shape index (κ3) is 6.28. The summed E-state index contributed by atoms with van der Waals surface area (Å²) in [5.41, 5.74) is -0.938. The van der Waals surface area contributed by atoms with Crippen molar-refractivity contribution in [3.8, 4) is 22.8 Å².